The van der Waals surface area contributed by atoms with Crippen LogP contribution >= 0.6 is 11.3 Å². The standard InChI is InChI=1S/C15H13NO3S/c17-14(12-4-6-20-9-12)16-5-3-10-1-2-11(15(18)19)7-13(10)8-16/h1-2,4,6-7,9H,3,5,8H2,(H,18,19). The molecule has 2 heterocycles. The third kappa shape index (κ3) is 2.32. The second-order valence-corrected chi connectivity index (χ2v) is 5.56. The van der Waals surface area contributed by atoms with Gasteiger partial charge in [0.15, 0.2) is 0 Å². The molecule has 1 amide bonds. The first-order valence-corrected chi connectivity index (χ1v) is 7.26. The largest absolute Gasteiger partial charge is 0.478 e. The van der Waals surface area contributed by atoms with Crippen molar-refractivity contribution >= 4 is 23.2 Å². The van der Waals surface area contributed by atoms with Crippen molar-refractivity contribution in [1.82, 2.24) is 4.90 Å². The number of hydrogen-bond donors (Lipinski definition) is 1. The number of carboxylic acids is 1. The van der Waals surface area contributed by atoms with Gasteiger partial charge in [-0.25, -0.2) is 4.79 Å². The minimum absolute atomic E-state index is 0.0117. The Morgan fingerprint density at radius 2 is 2.00 bits per heavy atom. The first-order chi connectivity index (χ1) is 9.65. The third-order valence-corrected chi connectivity index (χ3v) is 4.20. The minimum atomic E-state index is -0.936. The van der Waals surface area contributed by atoms with Gasteiger partial charge < -0.3 is 10.0 Å². The van der Waals surface area contributed by atoms with Gasteiger partial charge in [-0.05, 0) is 41.1 Å². The van der Waals surface area contributed by atoms with E-state index in [9.17, 15) is 9.59 Å². The zero-order valence-corrected chi connectivity index (χ0v) is 11.5. The molecule has 0 saturated heterocycles. The van der Waals surface area contributed by atoms with E-state index >= 15 is 0 Å². The monoisotopic (exact) mass is 287 g/mol. The lowest BCUT2D eigenvalue weighted by atomic mass is 9.97. The van der Waals surface area contributed by atoms with Gasteiger partial charge in [0.05, 0.1) is 11.1 Å². The van der Waals surface area contributed by atoms with E-state index in [-0.39, 0.29) is 11.5 Å². The van der Waals surface area contributed by atoms with Crippen LogP contribution in [0.1, 0.15) is 31.8 Å². The molecule has 3 rings (SSSR count). The molecule has 0 radical (unpaired) electrons. The molecule has 1 N–H and O–H groups in total. The normalized spacial score (nSPS) is 13.9. The Kier molecular flexibility index (Phi) is 3.28. The summed E-state index contributed by atoms with van der Waals surface area (Å²) >= 11 is 1.50. The van der Waals surface area contributed by atoms with E-state index in [1.165, 1.54) is 11.3 Å². The van der Waals surface area contributed by atoms with E-state index in [0.717, 1.165) is 17.5 Å². The number of thiophene rings is 1. The number of carboxylic acid groups (broad SMARTS) is 1. The first kappa shape index (κ1) is 12.9. The molecule has 20 heavy (non-hydrogen) atoms. The van der Waals surface area contributed by atoms with Crippen molar-refractivity contribution in [3.8, 4) is 0 Å². The summed E-state index contributed by atoms with van der Waals surface area (Å²) in [6.07, 6.45) is 0.769. The highest BCUT2D eigenvalue weighted by Crippen LogP contribution is 2.22. The molecule has 0 bridgehead atoms. The number of rotatable bonds is 2. The predicted octanol–water partition coefficient (Wildman–Crippen LogP) is 2.64. The lowest BCUT2D eigenvalue weighted by Gasteiger charge is -2.29. The summed E-state index contributed by atoms with van der Waals surface area (Å²) in [5.74, 6) is -0.924. The van der Waals surface area contributed by atoms with Gasteiger partial charge in [0.2, 0.25) is 0 Å². The molecule has 2 aromatic rings. The number of benzene rings is 1. The van der Waals surface area contributed by atoms with Crippen LogP contribution in [0.4, 0.5) is 0 Å². The number of aromatic carboxylic acids is 1. The molecule has 1 aliphatic rings. The molecule has 0 spiro atoms. The number of hydrogen-bond acceptors (Lipinski definition) is 3. The van der Waals surface area contributed by atoms with Crippen LogP contribution in [0.25, 0.3) is 0 Å². The summed E-state index contributed by atoms with van der Waals surface area (Å²) in [5.41, 5.74) is 3.03. The fourth-order valence-corrected chi connectivity index (χ4v) is 3.06. The number of fused-ring (bicyclic) bond motifs is 1. The van der Waals surface area contributed by atoms with Crippen LogP contribution < -0.4 is 0 Å². The molecule has 1 aromatic heterocycles. The lowest BCUT2D eigenvalue weighted by Crippen LogP contribution is -2.35. The van der Waals surface area contributed by atoms with Gasteiger partial charge in [-0.1, -0.05) is 6.07 Å². The number of carbonyl (C=O) groups excluding carboxylic acids is 1. The highest BCUT2D eigenvalue weighted by Gasteiger charge is 2.22. The molecular weight excluding hydrogens is 274 g/mol. The van der Waals surface area contributed by atoms with Gasteiger partial charge in [0.25, 0.3) is 5.91 Å². The predicted molar refractivity (Wildman–Crippen MR) is 76.2 cm³/mol. The van der Waals surface area contributed by atoms with E-state index < -0.39 is 5.97 Å². The number of nitrogens with zero attached hydrogens (tertiary/aromatic N) is 1. The van der Waals surface area contributed by atoms with Gasteiger partial charge in [0, 0.05) is 18.5 Å². The fraction of sp³-hybridized carbons (Fsp3) is 0.200. The molecule has 0 unspecified atom stereocenters. The van der Waals surface area contributed by atoms with Gasteiger partial charge in [-0.3, -0.25) is 4.79 Å². The molecule has 102 valence electrons. The van der Waals surface area contributed by atoms with Crippen LogP contribution in [0, 0.1) is 0 Å². The maximum Gasteiger partial charge on any atom is 0.335 e. The summed E-state index contributed by atoms with van der Waals surface area (Å²) in [6, 6.07) is 6.96. The van der Waals surface area contributed by atoms with Crippen molar-refractivity contribution in [2.45, 2.75) is 13.0 Å². The SMILES string of the molecule is O=C(O)c1ccc2c(c1)CN(C(=O)c1ccsc1)CC2. The maximum absolute atomic E-state index is 12.3. The van der Waals surface area contributed by atoms with Crippen LogP contribution in [0.15, 0.2) is 35.0 Å². The Hall–Kier alpha value is -2.14. The lowest BCUT2D eigenvalue weighted by molar-refractivity contribution is 0.0696. The van der Waals surface area contributed by atoms with E-state index in [2.05, 4.69) is 0 Å². The highest BCUT2D eigenvalue weighted by atomic mass is 32.1. The van der Waals surface area contributed by atoms with Gasteiger partial charge >= 0.3 is 5.97 Å². The molecule has 0 aliphatic carbocycles. The molecule has 0 saturated carbocycles. The van der Waals surface area contributed by atoms with E-state index in [4.69, 9.17) is 5.11 Å². The second kappa shape index (κ2) is 5.09. The molecule has 0 fully saturated rings. The summed E-state index contributed by atoms with van der Waals surface area (Å²) in [6.45, 7) is 1.15. The number of carbonyl (C=O) groups is 2. The Morgan fingerprint density at radius 1 is 1.15 bits per heavy atom. The summed E-state index contributed by atoms with van der Waals surface area (Å²) in [5, 5.41) is 12.8. The van der Waals surface area contributed by atoms with Gasteiger partial charge in [0.1, 0.15) is 0 Å². The number of amides is 1. The summed E-state index contributed by atoms with van der Waals surface area (Å²) < 4.78 is 0. The summed E-state index contributed by atoms with van der Waals surface area (Å²) in [4.78, 5) is 25.1. The third-order valence-electron chi connectivity index (χ3n) is 3.52. The van der Waals surface area contributed by atoms with E-state index in [1.807, 2.05) is 22.9 Å². The van der Waals surface area contributed by atoms with Crippen LogP contribution in [0.5, 0.6) is 0 Å². The Labute approximate surface area is 120 Å². The van der Waals surface area contributed by atoms with Gasteiger partial charge in [-0.15, -0.1) is 0 Å². The van der Waals surface area contributed by atoms with Crippen LogP contribution in [0.3, 0.4) is 0 Å². The fourth-order valence-electron chi connectivity index (χ4n) is 2.43. The van der Waals surface area contributed by atoms with Crippen LogP contribution in [-0.2, 0) is 13.0 Å². The van der Waals surface area contributed by atoms with Crippen molar-refractivity contribution in [1.29, 1.82) is 0 Å². The Balaban J connectivity index is 1.85. The Bertz CT molecular complexity index is 664. The average molecular weight is 287 g/mol. The average Bonchev–Trinajstić information content (AvgIpc) is 2.99. The minimum Gasteiger partial charge on any atom is -0.478 e. The second-order valence-electron chi connectivity index (χ2n) is 4.78. The summed E-state index contributed by atoms with van der Waals surface area (Å²) in [7, 11) is 0. The van der Waals surface area contributed by atoms with Crippen molar-refractivity contribution in [3.05, 3.63) is 57.3 Å². The zero-order chi connectivity index (χ0) is 14.1. The van der Waals surface area contributed by atoms with Crippen molar-refractivity contribution in [2.24, 2.45) is 0 Å². The van der Waals surface area contributed by atoms with Crippen LogP contribution in [-0.4, -0.2) is 28.4 Å². The molecule has 1 aliphatic heterocycles. The van der Waals surface area contributed by atoms with Crippen molar-refractivity contribution < 1.29 is 14.7 Å². The van der Waals surface area contributed by atoms with Gasteiger partial charge in [-0.2, -0.15) is 11.3 Å². The van der Waals surface area contributed by atoms with E-state index in [1.54, 1.807) is 17.0 Å². The quantitative estimate of drug-likeness (QED) is 0.923. The first-order valence-electron chi connectivity index (χ1n) is 6.32. The molecule has 1 aromatic carbocycles. The molecule has 0 atom stereocenters. The topological polar surface area (TPSA) is 57.6 Å². The smallest absolute Gasteiger partial charge is 0.335 e. The van der Waals surface area contributed by atoms with Crippen molar-refractivity contribution in [3.63, 3.8) is 0 Å². The van der Waals surface area contributed by atoms with Crippen molar-refractivity contribution in [2.75, 3.05) is 6.54 Å². The Morgan fingerprint density at radius 3 is 2.70 bits per heavy atom. The molecule has 4 nitrogen and oxygen atoms in total. The maximum atomic E-state index is 12.3. The molecule has 5 heteroatoms. The van der Waals surface area contributed by atoms with Crippen LogP contribution in [0.2, 0.25) is 0 Å². The zero-order valence-electron chi connectivity index (χ0n) is 10.7. The highest BCUT2D eigenvalue weighted by molar-refractivity contribution is 7.08. The molecular formula is C15H13NO3S. The van der Waals surface area contributed by atoms with E-state index in [0.29, 0.717) is 18.7 Å².